The Bertz CT molecular complexity index is 481. The molecular formula is C13H18BrN3O2. The number of nitro benzene ring substituents is 1. The molecule has 1 aliphatic rings. The van der Waals surface area contributed by atoms with E-state index in [1.807, 2.05) is 12.1 Å². The third-order valence-electron chi connectivity index (χ3n) is 3.51. The second-order valence-corrected chi connectivity index (χ2v) is 6.03. The number of halogens is 1. The van der Waals surface area contributed by atoms with Gasteiger partial charge >= 0.3 is 0 Å². The monoisotopic (exact) mass is 327 g/mol. The Morgan fingerprint density at radius 3 is 2.95 bits per heavy atom. The molecular weight excluding hydrogens is 310 g/mol. The van der Waals surface area contributed by atoms with E-state index < -0.39 is 0 Å². The lowest BCUT2D eigenvalue weighted by Crippen LogP contribution is -2.53. The van der Waals surface area contributed by atoms with E-state index in [9.17, 15) is 10.1 Å². The maximum Gasteiger partial charge on any atom is 0.275 e. The SMILES string of the molecule is CC1CN(Cc2ccc(Br)cc2[N+](=O)[O-])C(C)CN1. The number of piperazine rings is 1. The molecule has 19 heavy (non-hydrogen) atoms. The van der Waals surface area contributed by atoms with E-state index in [0.717, 1.165) is 23.1 Å². The number of hydrogen-bond acceptors (Lipinski definition) is 4. The third kappa shape index (κ3) is 3.52. The van der Waals surface area contributed by atoms with Gasteiger partial charge in [-0.1, -0.05) is 15.9 Å². The minimum atomic E-state index is -0.309. The van der Waals surface area contributed by atoms with Gasteiger partial charge in [-0.3, -0.25) is 15.0 Å². The Balaban J connectivity index is 2.20. The average molecular weight is 328 g/mol. The topological polar surface area (TPSA) is 58.4 Å². The predicted octanol–water partition coefficient (Wildman–Crippen LogP) is 2.54. The fraction of sp³-hybridized carbons (Fsp3) is 0.538. The molecule has 1 heterocycles. The van der Waals surface area contributed by atoms with Gasteiger partial charge in [0.2, 0.25) is 0 Å². The largest absolute Gasteiger partial charge is 0.311 e. The van der Waals surface area contributed by atoms with Gasteiger partial charge in [-0.05, 0) is 26.0 Å². The van der Waals surface area contributed by atoms with E-state index in [-0.39, 0.29) is 10.6 Å². The third-order valence-corrected chi connectivity index (χ3v) is 4.00. The normalized spacial score (nSPS) is 24.4. The Morgan fingerprint density at radius 1 is 1.53 bits per heavy atom. The first-order valence-electron chi connectivity index (χ1n) is 6.37. The van der Waals surface area contributed by atoms with Crippen molar-refractivity contribution < 1.29 is 4.92 Å². The molecule has 104 valence electrons. The molecule has 2 unspecified atom stereocenters. The second kappa shape index (κ2) is 5.98. The van der Waals surface area contributed by atoms with E-state index in [2.05, 4.69) is 40.0 Å². The summed E-state index contributed by atoms with van der Waals surface area (Å²) in [5.41, 5.74) is 0.960. The average Bonchev–Trinajstić information content (AvgIpc) is 2.35. The summed E-state index contributed by atoms with van der Waals surface area (Å²) in [4.78, 5) is 13.1. The molecule has 0 amide bonds. The van der Waals surface area contributed by atoms with E-state index in [0.29, 0.717) is 18.6 Å². The number of nitrogens with zero attached hydrogens (tertiary/aromatic N) is 2. The zero-order valence-corrected chi connectivity index (χ0v) is 12.7. The molecule has 6 heteroatoms. The Hall–Kier alpha value is -0.980. The van der Waals surface area contributed by atoms with Crippen LogP contribution in [0.25, 0.3) is 0 Å². The van der Waals surface area contributed by atoms with Crippen LogP contribution >= 0.6 is 15.9 Å². The molecule has 1 saturated heterocycles. The standard InChI is InChI=1S/C13H18BrN3O2/c1-9-7-16(10(2)6-15-9)8-11-3-4-12(14)5-13(11)17(18)19/h3-5,9-10,15H,6-8H2,1-2H3. The van der Waals surface area contributed by atoms with E-state index >= 15 is 0 Å². The van der Waals surface area contributed by atoms with Crippen molar-refractivity contribution in [2.24, 2.45) is 0 Å². The molecule has 1 aliphatic heterocycles. The first-order chi connectivity index (χ1) is 8.97. The van der Waals surface area contributed by atoms with Crippen LogP contribution in [0.2, 0.25) is 0 Å². The van der Waals surface area contributed by atoms with E-state index in [1.54, 1.807) is 6.07 Å². The van der Waals surface area contributed by atoms with Gasteiger partial charge in [-0.2, -0.15) is 0 Å². The van der Waals surface area contributed by atoms with Crippen molar-refractivity contribution in [1.82, 2.24) is 10.2 Å². The van der Waals surface area contributed by atoms with Crippen LogP contribution in [0.15, 0.2) is 22.7 Å². The molecule has 1 fully saturated rings. The van der Waals surface area contributed by atoms with Gasteiger partial charge in [0.15, 0.2) is 0 Å². The number of hydrogen-bond donors (Lipinski definition) is 1. The smallest absolute Gasteiger partial charge is 0.275 e. The summed E-state index contributed by atoms with van der Waals surface area (Å²) in [7, 11) is 0. The molecule has 2 rings (SSSR count). The molecule has 2 atom stereocenters. The summed E-state index contributed by atoms with van der Waals surface area (Å²) in [5, 5.41) is 14.5. The maximum absolute atomic E-state index is 11.1. The van der Waals surface area contributed by atoms with Gasteiger partial charge in [0.1, 0.15) is 0 Å². The van der Waals surface area contributed by atoms with Gasteiger partial charge in [0, 0.05) is 47.8 Å². The van der Waals surface area contributed by atoms with Crippen molar-refractivity contribution in [3.8, 4) is 0 Å². The molecule has 1 aromatic rings. The van der Waals surface area contributed by atoms with Crippen LogP contribution in [0.4, 0.5) is 5.69 Å². The molecule has 0 radical (unpaired) electrons. The van der Waals surface area contributed by atoms with Gasteiger partial charge in [-0.15, -0.1) is 0 Å². The predicted molar refractivity (Wildman–Crippen MR) is 78.1 cm³/mol. The summed E-state index contributed by atoms with van der Waals surface area (Å²) in [6.45, 7) is 6.73. The lowest BCUT2D eigenvalue weighted by Gasteiger charge is -2.37. The van der Waals surface area contributed by atoms with Crippen molar-refractivity contribution in [3.05, 3.63) is 38.3 Å². The Morgan fingerprint density at radius 2 is 2.26 bits per heavy atom. The van der Waals surface area contributed by atoms with E-state index in [1.165, 1.54) is 0 Å². The number of benzene rings is 1. The van der Waals surface area contributed by atoms with Crippen LogP contribution in [0.3, 0.4) is 0 Å². The van der Waals surface area contributed by atoms with Crippen LogP contribution in [-0.2, 0) is 6.54 Å². The van der Waals surface area contributed by atoms with Crippen molar-refractivity contribution in [2.75, 3.05) is 13.1 Å². The molecule has 0 saturated carbocycles. The zero-order chi connectivity index (χ0) is 14.0. The van der Waals surface area contributed by atoms with Crippen LogP contribution in [0.1, 0.15) is 19.4 Å². The Labute approximate surface area is 121 Å². The second-order valence-electron chi connectivity index (χ2n) is 5.12. The highest BCUT2D eigenvalue weighted by Crippen LogP contribution is 2.25. The van der Waals surface area contributed by atoms with Gasteiger partial charge in [0.25, 0.3) is 5.69 Å². The van der Waals surface area contributed by atoms with Crippen molar-refractivity contribution >= 4 is 21.6 Å². The number of nitro groups is 1. The minimum absolute atomic E-state index is 0.188. The van der Waals surface area contributed by atoms with Crippen LogP contribution in [0, 0.1) is 10.1 Å². The lowest BCUT2D eigenvalue weighted by molar-refractivity contribution is -0.385. The maximum atomic E-state index is 11.1. The molecule has 0 bridgehead atoms. The molecule has 0 aliphatic carbocycles. The van der Waals surface area contributed by atoms with Gasteiger partial charge in [-0.25, -0.2) is 0 Å². The van der Waals surface area contributed by atoms with E-state index in [4.69, 9.17) is 0 Å². The van der Waals surface area contributed by atoms with Crippen LogP contribution in [0.5, 0.6) is 0 Å². The zero-order valence-electron chi connectivity index (χ0n) is 11.1. The highest BCUT2D eigenvalue weighted by molar-refractivity contribution is 9.10. The van der Waals surface area contributed by atoms with Crippen LogP contribution in [-0.4, -0.2) is 35.0 Å². The highest BCUT2D eigenvalue weighted by atomic mass is 79.9. The van der Waals surface area contributed by atoms with Gasteiger partial charge < -0.3 is 5.32 Å². The van der Waals surface area contributed by atoms with Crippen molar-refractivity contribution in [1.29, 1.82) is 0 Å². The fourth-order valence-corrected chi connectivity index (χ4v) is 2.73. The summed E-state index contributed by atoms with van der Waals surface area (Å²) < 4.78 is 0.740. The summed E-state index contributed by atoms with van der Waals surface area (Å²) >= 11 is 3.28. The summed E-state index contributed by atoms with van der Waals surface area (Å²) in [6, 6.07) is 6.08. The molecule has 1 aromatic carbocycles. The summed E-state index contributed by atoms with van der Waals surface area (Å²) in [6.07, 6.45) is 0. The molecule has 1 N–H and O–H groups in total. The van der Waals surface area contributed by atoms with Crippen molar-refractivity contribution in [3.63, 3.8) is 0 Å². The van der Waals surface area contributed by atoms with Gasteiger partial charge in [0.05, 0.1) is 4.92 Å². The number of nitrogens with one attached hydrogen (secondary N) is 1. The first-order valence-corrected chi connectivity index (χ1v) is 7.17. The highest BCUT2D eigenvalue weighted by Gasteiger charge is 2.25. The molecule has 0 aromatic heterocycles. The first kappa shape index (κ1) is 14.4. The summed E-state index contributed by atoms with van der Waals surface area (Å²) in [5.74, 6) is 0. The lowest BCUT2D eigenvalue weighted by atomic mass is 10.1. The van der Waals surface area contributed by atoms with Crippen molar-refractivity contribution in [2.45, 2.75) is 32.5 Å². The fourth-order valence-electron chi connectivity index (χ4n) is 2.38. The quantitative estimate of drug-likeness (QED) is 0.684. The van der Waals surface area contributed by atoms with Crippen LogP contribution < -0.4 is 5.32 Å². The minimum Gasteiger partial charge on any atom is -0.311 e. The Kier molecular flexibility index (Phi) is 4.54. The number of rotatable bonds is 3. The molecule has 5 nitrogen and oxygen atoms in total. The molecule has 0 spiro atoms.